The largest absolute Gasteiger partial charge is 0.506 e. The van der Waals surface area contributed by atoms with Crippen molar-refractivity contribution >= 4 is 38.9 Å². The Balaban J connectivity index is 1.81. The van der Waals surface area contributed by atoms with E-state index < -0.39 is 22.7 Å². The van der Waals surface area contributed by atoms with Crippen LogP contribution in [0.15, 0.2) is 60.7 Å². The summed E-state index contributed by atoms with van der Waals surface area (Å²) in [7, 11) is -3.64. The molecule has 0 spiro atoms. The highest BCUT2D eigenvalue weighted by molar-refractivity contribution is 7.92. The van der Waals surface area contributed by atoms with Crippen LogP contribution in [0.2, 0.25) is 10.0 Å². The van der Waals surface area contributed by atoms with Crippen molar-refractivity contribution in [1.82, 2.24) is 5.32 Å². The summed E-state index contributed by atoms with van der Waals surface area (Å²) in [6.45, 7) is -2.90. The van der Waals surface area contributed by atoms with Gasteiger partial charge in [-0.3, -0.25) is 4.72 Å². The number of rotatable bonds is 11. The van der Waals surface area contributed by atoms with Crippen LogP contribution in [0.4, 0.5) is 14.5 Å². The molecule has 0 heterocycles. The molecule has 0 radical (unpaired) electrons. The van der Waals surface area contributed by atoms with Gasteiger partial charge in [0.25, 0.3) is 0 Å². The minimum absolute atomic E-state index is 0.00772. The van der Waals surface area contributed by atoms with Crippen molar-refractivity contribution in [3.05, 3.63) is 87.4 Å². The predicted octanol–water partition coefficient (Wildman–Crippen LogP) is 5.28. The summed E-state index contributed by atoms with van der Waals surface area (Å²) in [6, 6.07) is 14.9. The molecule has 0 aliphatic carbocycles. The lowest BCUT2D eigenvalue weighted by Gasteiger charge is -2.23. The Bertz CT molecular complexity index is 1270. The van der Waals surface area contributed by atoms with Gasteiger partial charge in [-0.1, -0.05) is 41.4 Å². The summed E-state index contributed by atoms with van der Waals surface area (Å²) >= 11 is 12.3. The minimum atomic E-state index is -3.64. The van der Waals surface area contributed by atoms with Crippen LogP contribution < -0.4 is 14.8 Å². The van der Waals surface area contributed by atoms with Gasteiger partial charge in [-0.15, -0.1) is 0 Å². The number of benzene rings is 3. The zero-order valence-electron chi connectivity index (χ0n) is 19.0. The van der Waals surface area contributed by atoms with E-state index in [0.29, 0.717) is 22.0 Å². The smallest absolute Gasteiger partial charge is 0.387 e. The van der Waals surface area contributed by atoms with E-state index in [-0.39, 0.29) is 29.8 Å². The maximum Gasteiger partial charge on any atom is 0.387 e. The number of aromatic hydroxyl groups is 1. The van der Waals surface area contributed by atoms with Crippen molar-refractivity contribution in [2.75, 3.05) is 17.5 Å². The molecule has 1 unspecified atom stereocenters. The van der Waals surface area contributed by atoms with E-state index in [0.717, 1.165) is 17.4 Å². The Labute approximate surface area is 217 Å². The molecule has 7 nitrogen and oxygen atoms in total. The molecule has 0 saturated carbocycles. The number of hydrogen-bond acceptors (Lipinski definition) is 6. The van der Waals surface area contributed by atoms with Crippen molar-refractivity contribution in [2.24, 2.45) is 0 Å². The van der Waals surface area contributed by atoms with E-state index >= 15 is 0 Å². The van der Waals surface area contributed by atoms with Gasteiger partial charge in [-0.2, -0.15) is 8.78 Å². The summed E-state index contributed by atoms with van der Waals surface area (Å²) < 4.78 is 54.7. The Kier molecular flexibility index (Phi) is 9.37. The van der Waals surface area contributed by atoms with Gasteiger partial charge >= 0.3 is 6.61 Å². The van der Waals surface area contributed by atoms with Crippen molar-refractivity contribution in [1.29, 1.82) is 0 Å². The van der Waals surface area contributed by atoms with Crippen molar-refractivity contribution in [3.63, 3.8) is 0 Å². The average Bonchev–Trinajstić information content (AvgIpc) is 2.76. The molecule has 3 aromatic carbocycles. The number of aliphatic hydroxyl groups excluding tert-OH is 1. The SMILES string of the molecule is CS(=O)(=O)Nc1cc([C@@H](O)CNC(Cc2cc(Cl)cc(Cl)c2)c2ccc(OC(F)F)cc2)ccc1O. The van der Waals surface area contributed by atoms with Crippen LogP contribution in [-0.2, 0) is 16.4 Å². The standard InChI is InChI=1S/C24H24Cl2F2N2O5S/c1-36(33,34)30-21-11-16(4-7-22(21)31)23(32)13-29-20(10-14-8-17(25)12-18(26)9-14)15-2-5-19(6-3-15)35-24(27)28/h2-9,11-12,20,23-24,29-32H,10,13H2,1H3/t20?,23-/m0/s1. The first-order valence-electron chi connectivity index (χ1n) is 10.6. The summed E-state index contributed by atoms with van der Waals surface area (Å²) in [4.78, 5) is 0. The molecule has 3 aromatic rings. The quantitative estimate of drug-likeness (QED) is 0.238. The fourth-order valence-electron chi connectivity index (χ4n) is 3.57. The number of anilines is 1. The van der Waals surface area contributed by atoms with Gasteiger partial charge in [-0.25, -0.2) is 8.42 Å². The van der Waals surface area contributed by atoms with Gasteiger partial charge in [0.15, 0.2) is 0 Å². The molecule has 4 N–H and O–H groups in total. The van der Waals surface area contributed by atoms with Crippen LogP contribution in [0.1, 0.15) is 28.8 Å². The first-order valence-corrected chi connectivity index (χ1v) is 13.3. The molecular weight excluding hydrogens is 537 g/mol. The van der Waals surface area contributed by atoms with Crippen LogP contribution in [0.3, 0.4) is 0 Å². The highest BCUT2D eigenvalue weighted by atomic mass is 35.5. The number of halogens is 4. The normalized spacial score (nSPS) is 13.4. The summed E-state index contributed by atoms with van der Waals surface area (Å²) in [5.74, 6) is -0.278. The molecule has 0 saturated heterocycles. The Hall–Kier alpha value is -2.63. The second-order valence-corrected chi connectivity index (χ2v) is 10.7. The number of phenols is 1. The monoisotopic (exact) mass is 560 g/mol. The van der Waals surface area contributed by atoms with Gasteiger partial charge in [0.1, 0.15) is 11.5 Å². The molecule has 0 aliphatic heterocycles. The molecule has 0 aromatic heterocycles. The van der Waals surface area contributed by atoms with E-state index in [2.05, 4.69) is 14.8 Å². The molecule has 2 atom stereocenters. The Morgan fingerprint density at radius 3 is 2.17 bits per heavy atom. The number of nitrogens with one attached hydrogen (secondary N) is 2. The maximum atomic E-state index is 12.5. The van der Waals surface area contributed by atoms with E-state index in [1.54, 1.807) is 30.3 Å². The average molecular weight is 561 g/mol. The molecule has 12 heteroatoms. The molecule has 0 fully saturated rings. The maximum absolute atomic E-state index is 12.5. The molecule has 0 bridgehead atoms. The van der Waals surface area contributed by atoms with Crippen LogP contribution in [0.5, 0.6) is 11.5 Å². The lowest BCUT2D eigenvalue weighted by atomic mass is 9.98. The number of aliphatic hydroxyl groups is 1. The molecule has 194 valence electrons. The second-order valence-electron chi connectivity index (χ2n) is 8.06. The van der Waals surface area contributed by atoms with Crippen molar-refractivity contribution < 1.29 is 32.1 Å². The zero-order chi connectivity index (χ0) is 26.5. The van der Waals surface area contributed by atoms with Crippen LogP contribution in [0.25, 0.3) is 0 Å². The Morgan fingerprint density at radius 1 is 0.972 bits per heavy atom. The van der Waals surface area contributed by atoms with E-state index in [1.807, 2.05) is 0 Å². The van der Waals surface area contributed by atoms with E-state index in [4.69, 9.17) is 23.2 Å². The first kappa shape index (κ1) is 27.9. The van der Waals surface area contributed by atoms with Gasteiger partial charge in [0.2, 0.25) is 10.0 Å². The number of ether oxygens (including phenoxy) is 1. The highest BCUT2D eigenvalue weighted by Crippen LogP contribution is 2.29. The number of sulfonamides is 1. The molecular formula is C24H24Cl2F2N2O5S. The third kappa shape index (κ3) is 8.49. The lowest BCUT2D eigenvalue weighted by molar-refractivity contribution is -0.0498. The third-order valence-electron chi connectivity index (χ3n) is 5.13. The Morgan fingerprint density at radius 2 is 1.58 bits per heavy atom. The zero-order valence-corrected chi connectivity index (χ0v) is 21.3. The van der Waals surface area contributed by atoms with Crippen molar-refractivity contribution in [2.45, 2.75) is 25.2 Å². The van der Waals surface area contributed by atoms with Gasteiger partial charge < -0.3 is 20.3 Å². The summed E-state index contributed by atoms with van der Waals surface area (Å²) in [6.07, 6.45) is 0.275. The first-order chi connectivity index (χ1) is 16.9. The topological polar surface area (TPSA) is 108 Å². The molecule has 0 amide bonds. The van der Waals surface area contributed by atoms with Crippen LogP contribution >= 0.6 is 23.2 Å². The van der Waals surface area contributed by atoms with Crippen molar-refractivity contribution in [3.8, 4) is 11.5 Å². The fraction of sp³-hybridized carbons (Fsp3) is 0.250. The number of hydrogen-bond donors (Lipinski definition) is 4. The predicted molar refractivity (Wildman–Crippen MR) is 136 cm³/mol. The fourth-order valence-corrected chi connectivity index (χ4v) is 4.70. The van der Waals surface area contributed by atoms with Gasteiger partial charge in [0, 0.05) is 22.6 Å². The summed E-state index contributed by atoms with van der Waals surface area (Å²) in [5.41, 5.74) is 1.83. The molecule has 0 aliphatic rings. The third-order valence-corrected chi connectivity index (χ3v) is 6.16. The van der Waals surface area contributed by atoms with Gasteiger partial charge in [-0.05, 0) is 65.6 Å². The number of phenolic OH excluding ortho intramolecular Hbond substituents is 1. The summed E-state index contributed by atoms with van der Waals surface area (Å²) in [5, 5.41) is 24.8. The molecule has 3 rings (SSSR count). The second kappa shape index (κ2) is 12.1. The minimum Gasteiger partial charge on any atom is -0.506 e. The number of alkyl halides is 2. The highest BCUT2D eigenvalue weighted by Gasteiger charge is 2.18. The van der Waals surface area contributed by atoms with Crippen LogP contribution in [0, 0.1) is 0 Å². The van der Waals surface area contributed by atoms with Crippen LogP contribution in [-0.4, -0.2) is 38.0 Å². The lowest BCUT2D eigenvalue weighted by Crippen LogP contribution is -2.28. The van der Waals surface area contributed by atoms with E-state index in [9.17, 15) is 27.4 Å². The molecule has 36 heavy (non-hydrogen) atoms. The van der Waals surface area contributed by atoms with E-state index in [1.165, 1.54) is 30.3 Å². The van der Waals surface area contributed by atoms with Gasteiger partial charge in [0.05, 0.1) is 18.0 Å².